The van der Waals surface area contributed by atoms with E-state index in [1.54, 1.807) is 0 Å². The van der Waals surface area contributed by atoms with Crippen LogP contribution < -0.4 is 0 Å². The summed E-state index contributed by atoms with van der Waals surface area (Å²) in [6.45, 7) is -3.12. The van der Waals surface area contributed by atoms with Crippen molar-refractivity contribution in [1.29, 1.82) is 0 Å². The molecule has 1 aliphatic carbocycles. The van der Waals surface area contributed by atoms with E-state index in [0.29, 0.717) is 12.2 Å². The molecule has 86 valence electrons. The molecule has 0 fully saturated rings. The molecule has 1 aliphatic rings. The molecular formula is C8H6ClF5O. The predicted molar refractivity (Wildman–Crippen MR) is 43.6 cm³/mol. The standard InChI is InChI=1S/C8H6ClF5O/c9-5-1-4(8(12,13)14)2-6(3-5)15-7(10)11/h1-2,6-7H,3H2. The molecule has 0 spiro atoms. The highest BCUT2D eigenvalue weighted by Gasteiger charge is 2.35. The zero-order chi connectivity index (χ0) is 11.6. The molecule has 7 heteroatoms. The van der Waals surface area contributed by atoms with Gasteiger partial charge < -0.3 is 4.74 Å². The molecule has 0 aromatic rings. The van der Waals surface area contributed by atoms with Gasteiger partial charge in [-0.3, -0.25) is 0 Å². The third kappa shape index (κ3) is 3.79. The van der Waals surface area contributed by atoms with Crippen molar-refractivity contribution in [3.8, 4) is 0 Å². The van der Waals surface area contributed by atoms with Gasteiger partial charge in [0.15, 0.2) is 0 Å². The second kappa shape index (κ2) is 4.49. The summed E-state index contributed by atoms with van der Waals surface area (Å²) in [7, 11) is 0. The van der Waals surface area contributed by atoms with Crippen LogP contribution in [-0.4, -0.2) is 18.9 Å². The van der Waals surface area contributed by atoms with Crippen LogP contribution >= 0.6 is 11.6 Å². The molecule has 0 saturated carbocycles. The van der Waals surface area contributed by atoms with Gasteiger partial charge in [0.1, 0.15) is 0 Å². The molecule has 0 N–H and O–H groups in total. The van der Waals surface area contributed by atoms with Crippen LogP contribution in [0.2, 0.25) is 0 Å². The van der Waals surface area contributed by atoms with E-state index in [1.165, 1.54) is 0 Å². The van der Waals surface area contributed by atoms with Crippen molar-refractivity contribution in [2.75, 3.05) is 0 Å². The molecule has 0 bridgehead atoms. The van der Waals surface area contributed by atoms with Crippen LogP contribution in [0, 0.1) is 0 Å². The van der Waals surface area contributed by atoms with Gasteiger partial charge in [0.25, 0.3) is 0 Å². The number of hydrogen-bond acceptors (Lipinski definition) is 1. The van der Waals surface area contributed by atoms with Crippen LogP contribution in [0.3, 0.4) is 0 Å². The molecule has 0 radical (unpaired) electrons. The SMILES string of the molecule is FC(F)OC1C=C(C(F)(F)F)C=C(Cl)C1. The lowest BCUT2D eigenvalue weighted by molar-refractivity contribution is -0.151. The minimum Gasteiger partial charge on any atom is -0.315 e. The molecule has 15 heavy (non-hydrogen) atoms. The van der Waals surface area contributed by atoms with Crippen LogP contribution in [0.25, 0.3) is 0 Å². The Morgan fingerprint density at radius 1 is 1.40 bits per heavy atom. The van der Waals surface area contributed by atoms with Gasteiger partial charge in [0, 0.05) is 11.5 Å². The number of hydrogen-bond donors (Lipinski definition) is 0. The molecule has 1 unspecified atom stereocenters. The van der Waals surface area contributed by atoms with Gasteiger partial charge in [-0.15, -0.1) is 0 Å². The van der Waals surface area contributed by atoms with Crippen LogP contribution in [0.5, 0.6) is 0 Å². The van der Waals surface area contributed by atoms with E-state index in [-0.39, 0.29) is 11.5 Å². The lowest BCUT2D eigenvalue weighted by atomic mass is 10.0. The van der Waals surface area contributed by atoms with E-state index < -0.39 is 24.5 Å². The van der Waals surface area contributed by atoms with Gasteiger partial charge >= 0.3 is 12.8 Å². The van der Waals surface area contributed by atoms with Gasteiger partial charge in [-0.25, -0.2) is 0 Å². The van der Waals surface area contributed by atoms with Crippen molar-refractivity contribution < 1.29 is 26.7 Å². The molecule has 0 aromatic heterocycles. The molecular weight excluding hydrogens is 243 g/mol. The molecule has 1 atom stereocenters. The van der Waals surface area contributed by atoms with Gasteiger partial charge in [-0.05, 0) is 12.2 Å². The zero-order valence-corrected chi connectivity index (χ0v) is 7.95. The number of alkyl halides is 5. The van der Waals surface area contributed by atoms with Crippen molar-refractivity contribution in [1.82, 2.24) is 0 Å². The van der Waals surface area contributed by atoms with Crippen molar-refractivity contribution >= 4 is 11.6 Å². The minimum atomic E-state index is -4.61. The normalized spacial score (nSPS) is 22.7. The van der Waals surface area contributed by atoms with Crippen molar-refractivity contribution in [2.24, 2.45) is 0 Å². The Hall–Kier alpha value is -0.620. The fourth-order valence-corrected chi connectivity index (χ4v) is 1.39. The lowest BCUT2D eigenvalue weighted by Gasteiger charge is -2.20. The topological polar surface area (TPSA) is 9.23 Å². The Balaban J connectivity index is 2.82. The van der Waals surface area contributed by atoms with E-state index in [2.05, 4.69) is 4.74 Å². The van der Waals surface area contributed by atoms with Crippen molar-refractivity contribution in [2.45, 2.75) is 25.3 Å². The quantitative estimate of drug-likeness (QED) is 0.679. The molecule has 1 nitrogen and oxygen atoms in total. The fourth-order valence-electron chi connectivity index (χ4n) is 1.12. The van der Waals surface area contributed by atoms with Gasteiger partial charge in [-0.2, -0.15) is 22.0 Å². The van der Waals surface area contributed by atoms with Crippen LogP contribution in [-0.2, 0) is 4.74 Å². The summed E-state index contributed by atoms with van der Waals surface area (Å²) < 4.78 is 64.1. The van der Waals surface area contributed by atoms with Crippen molar-refractivity contribution in [3.05, 3.63) is 22.8 Å². The summed E-state index contributed by atoms with van der Waals surface area (Å²) in [5, 5.41) is -0.157. The Labute approximate surface area is 87.2 Å². The first kappa shape index (κ1) is 12.4. The average Bonchev–Trinajstić information content (AvgIpc) is 1.99. The molecule has 1 rings (SSSR count). The average molecular weight is 249 g/mol. The summed E-state index contributed by atoms with van der Waals surface area (Å²) in [5.41, 5.74) is -1.07. The largest absolute Gasteiger partial charge is 0.416 e. The number of ether oxygens (including phenoxy) is 1. The van der Waals surface area contributed by atoms with Gasteiger partial charge in [0.2, 0.25) is 0 Å². The number of allylic oxidation sites excluding steroid dienone is 2. The number of rotatable bonds is 2. The van der Waals surface area contributed by atoms with Crippen LogP contribution in [0.1, 0.15) is 6.42 Å². The molecule has 0 aromatic carbocycles. The van der Waals surface area contributed by atoms with Crippen LogP contribution in [0.15, 0.2) is 22.8 Å². The van der Waals surface area contributed by atoms with E-state index in [4.69, 9.17) is 11.6 Å². The molecule has 0 aliphatic heterocycles. The monoisotopic (exact) mass is 248 g/mol. The smallest absolute Gasteiger partial charge is 0.315 e. The Morgan fingerprint density at radius 2 is 2.00 bits per heavy atom. The lowest BCUT2D eigenvalue weighted by Crippen LogP contribution is -2.21. The Kier molecular flexibility index (Phi) is 3.72. The van der Waals surface area contributed by atoms with Crippen LogP contribution in [0.4, 0.5) is 22.0 Å². The maximum atomic E-state index is 12.2. The summed E-state index contributed by atoms with van der Waals surface area (Å²) in [6.07, 6.45) is -4.82. The van der Waals surface area contributed by atoms with E-state index >= 15 is 0 Å². The second-order valence-corrected chi connectivity index (χ2v) is 3.34. The fraction of sp³-hybridized carbons (Fsp3) is 0.500. The minimum absolute atomic E-state index is 0.157. The third-order valence-corrected chi connectivity index (χ3v) is 1.94. The van der Waals surface area contributed by atoms with Gasteiger partial charge in [-0.1, -0.05) is 11.6 Å². The maximum Gasteiger partial charge on any atom is 0.416 e. The number of halogens is 6. The predicted octanol–water partition coefficient (Wildman–Crippen LogP) is 3.61. The first-order valence-electron chi connectivity index (χ1n) is 3.87. The third-order valence-electron chi connectivity index (χ3n) is 1.68. The summed E-state index contributed by atoms with van der Waals surface area (Å²) >= 11 is 5.39. The maximum absolute atomic E-state index is 12.2. The molecule has 0 saturated heterocycles. The first-order chi connectivity index (χ1) is 6.79. The highest BCUT2D eigenvalue weighted by atomic mass is 35.5. The summed E-state index contributed by atoms with van der Waals surface area (Å²) in [6, 6.07) is 0. The van der Waals surface area contributed by atoms with Gasteiger partial charge in [0.05, 0.1) is 11.7 Å². The highest BCUT2D eigenvalue weighted by molar-refractivity contribution is 6.29. The second-order valence-electron chi connectivity index (χ2n) is 2.85. The molecule has 0 amide bonds. The zero-order valence-electron chi connectivity index (χ0n) is 7.19. The first-order valence-corrected chi connectivity index (χ1v) is 4.25. The Morgan fingerprint density at radius 3 is 2.47 bits per heavy atom. The van der Waals surface area contributed by atoms with Crippen molar-refractivity contribution in [3.63, 3.8) is 0 Å². The highest BCUT2D eigenvalue weighted by Crippen LogP contribution is 2.33. The Bertz CT molecular complexity index is 294. The summed E-state index contributed by atoms with van der Waals surface area (Å²) in [4.78, 5) is 0. The van der Waals surface area contributed by atoms with E-state index in [1.807, 2.05) is 0 Å². The van der Waals surface area contributed by atoms with E-state index in [0.717, 1.165) is 0 Å². The molecule has 0 heterocycles. The summed E-state index contributed by atoms with van der Waals surface area (Å²) in [5.74, 6) is 0. The van der Waals surface area contributed by atoms with E-state index in [9.17, 15) is 22.0 Å².